The number of hydrogen-bond acceptors (Lipinski definition) is 3. The van der Waals surface area contributed by atoms with Crippen LogP contribution in [-0.2, 0) is 16.1 Å². The molecule has 114 valence electrons. The maximum atomic E-state index is 12.2. The molecule has 2 rings (SSSR count). The Kier molecular flexibility index (Phi) is 5.76. The zero-order chi connectivity index (χ0) is 15.2. The Bertz CT molecular complexity index is 500. The molecule has 0 radical (unpaired) electrons. The van der Waals surface area contributed by atoms with Crippen molar-refractivity contribution >= 4 is 27.7 Å². The minimum Gasteiger partial charge on any atom is -0.368 e. The van der Waals surface area contributed by atoms with Gasteiger partial charge in [0.2, 0.25) is 11.8 Å². The molecule has 1 saturated carbocycles. The summed E-state index contributed by atoms with van der Waals surface area (Å²) in [5.41, 5.74) is 6.20. The van der Waals surface area contributed by atoms with Crippen molar-refractivity contribution in [2.75, 3.05) is 19.6 Å². The summed E-state index contributed by atoms with van der Waals surface area (Å²) in [6.07, 6.45) is 2.48. The number of amides is 2. The van der Waals surface area contributed by atoms with E-state index >= 15 is 0 Å². The number of carbonyl (C=O) groups excluding carboxylic acids is 2. The molecule has 1 aliphatic carbocycles. The minimum atomic E-state index is -0.498. The number of hydrogen-bond donors (Lipinski definition) is 2. The maximum absolute atomic E-state index is 12.2. The van der Waals surface area contributed by atoms with Crippen LogP contribution in [0.5, 0.6) is 0 Å². The van der Waals surface area contributed by atoms with Gasteiger partial charge in [-0.1, -0.05) is 28.1 Å². The van der Waals surface area contributed by atoms with Crippen molar-refractivity contribution in [3.63, 3.8) is 0 Å². The summed E-state index contributed by atoms with van der Waals surface area (Å²) in [6, 6.07) is 7.66. The van der Waals surface area contributed by atoms with Crippen LogP contribution < -0.4 is 11.1 Å². The van der Waals surface area contributed by atoms with Crippen LogP contribution in [0.2, 0.25) is 0 Å². The first-order valence-electron chi connectivity index (χ1n) is 7.06. The van der Waals surface area contributed by atoms with Gasteiger partial charge < -0.3 is 16.0 Å². The fraction of sp³-hybridized carbons (Fsp3) is 0.467. The second kappa shape index (κ2) is 7.56. The van der Waals surface area contributed by atoms with Gasteiger partial charge in [-0.3, -0.25) is 9.59 Å². The van der Waals surface area contributed by atoms with E-state index < -0.39 is 5.91 Å². The molecule has 2 amide bonds. The lowest BCUT2D eigenvalue weighted by atomic mass is 10.2. The SMILES string of the molecule is NC(=O)CN(Cc1ccc(Br)cc1)C(=O)CNCC1CC1. The highest BCUT2D eigenvalue weighted by Gasteiger charge is 2.22. The summed E-state index contributed by atoms with van der Waals surface area (Å²) in [5.74, 6) is 0.119. The van der Waals surface area contributed by atoms with Crippen LogP contribution in [0.3, 0.4) is 0 Å². The van der Waals surface area contributed by atoms with Gasteiger partial charge in [0.05, 0.1) is 13.1 Å². The number of nitrogens with one attached hydrogen (secondary N) is 1. The van der Waals surface area contributed by atoms with Gasteiger partial charge in [-0.2, -0.15) is 0 Å². The van der Waals surface area contributed by atoms with Gasteiger partial charge in [-0.05, 0) is 43.0 Å². The van der Waals surface area contributed by atoms with E-state index in [1.165, 1.54) is 17.7 Å². The number of benzene rings is 1. The molecule has 0 saturated heterocycles. The highest BCUT2D eigenvalue weighted by atomic mass is 79.9. The summed E-state index contributed by atoms with van der Waals surface area (Å²) in [7, 11) is 0. The molecule has 0 aliphatic heterocycles. The molecule has 0 atom stereocenters. The molecule has 1 fully saturated rings. The van der Waals surface area contributed by atoms with Crippen molar-refractivity contribution in [3.05, 3.63) is 34.3 Å². The van der Waals surface area contributed by atoms with Crippen molar-refractivity contribution in [2.24, 2.45) is 11.7 Å². The number of nitrogens with zero attached hydrogens (tertiary/aromatic N) is 1. The monoisotopic (exact) mass is 353 g/mol. The van der Waals surface area contributed by atoms with E-state index in [2.05, 4.69) is 21.2 Å². The fourth-order valence-electron chi connectivity index (χ4n) is 2.05. The molecule has 0 heterocycles. The Morgan fingerprint density at radius 1 is 1.29 bits per heavy atom. The molecular weight excluding hydrogens is 334 g/mol. The van der Waals surface area contributed by atoms with Crippen molar-refractivity contribution in [1.29, 1.82) is 0 Å². The zero-order valence-electron chi connectivity index (χ0n) is 11.8. The van der Waals surface area contributed by atoms with Crippen molar-refractivity contribution in [1.82, 2.24) is 10.2 Å². The van der Waals surface area contributed by atoms with E-state index in [9.17, 15) is 9.59 Å². The third-order valence-electron chi connectivity index (χ3n) is 3.39. The van der Waals surface area contributed by atoms with Crippen molar-refractivity contribution in [2.45, 2.75) is 19.4 Å². The fourth-order valence-corrected chi connectivity index (χ4v) is 2.31. The third-order valence-corrected chi connectivity index (χ3v) is 3.92. The largest absolute Gasteiger partial charge is 0.368 e. The Morgan fingerprint density at radius 3 is 2.52 bits per heavy atom. The molecule has 1 aliphatic rings. The molecule has 21 heavy (non-hydrogen) atoms. The van der Waals surface area contributed by atoms with Crippen LogP contribution in [-0.4, -0.2) is 36.3 Å². The maximum Gasteiger partial charge on any atom is 0.237 e. The van der Waals surface area contributed by atoms with Gasteiger partial charge in [0.1, 0.15) is 0 Å². The lowest BCUT2D eigenvalue weighted by Crippen LogP contribution is -2.42. The summed E-state index contributed by atoms with van der Waals surface area (Å²) < 4.78 is 0.977. The topological polar surface area (TPSA) is 75.4 Å². The highest BCUT2D eigenvalue weighted by Crippen LogP contribution is 2.27. The van der Waals surface area contributed by atoms with Gasteiger partial charge >= 0.3 is 0 Å². The first kappa shape index (κ1) is 16.0. The van der Waals surface area contributed by atoms with E-state index in [4.69, 9.17) is 5.73 Å². The molecule has 0 bridgehead atoms. The van der Waals surface area contributed by atoms with Crippen LogP contribution >= 0.6 is 15.9 Å². The van der Waals surface area contributed by atoms with E-state index in [0.29, 0.717) is 12.5 Å². The van der Waals surface area contributed by atoms with Gasteiger partial charge in [0.15, 0.2) is 0 Å². The Morgan fingerprint density at radius 2 is 1.95 bits per heavy atom. The number of halogens is 1. The first-order valence-corrected chi connectivity index (χ1v) is 7.85. The van der Waals surface area contributed by atoms with Gasteiger partial charge in [0, 0.05) is 11.0 Å². The predicted octanol–water partition coefficient (Wildman–Crippen LogP) is 1.26. The molecule has 3 N–H and O–H groups in total. The van der Waals surface area contributed by atoms with E-state index in [1.807, 2.05) is 24.3 Å². The van der Waals surface area contributed by atoms with Crippen molar-refractivity contribution in [3.8, 4) is 0 Å². The standard InChI is InChI=1S/C15H20BrN3O2/c16-13-5-3-12(4-6-13)9-19(10-14(17)20)15(21)8-18-7-11-1-2-11/h3-6,11,18H,1-2,7-10H2,(H2,17,20). The van der Waals surface area contributed by atoms with Crippen LogP contribution in [0.25, 0.3) is 0 Å². The van der Waals surface area contributed by atoms with E-state index in [-0.39, 0.29) is 19.0 Å². The third kappa shape index (κ3) is 5.85. The lowest BCUT2D eigenvalue weighted by molar-refractivity contribution is -0.135. The summed E-state index contributed by atoms with van der Waals surface area (Å²) in [6.45, 7) is 1.45. The molecular formula is C15H20BrN3O2. The molecule has 0 unspecified atom stereocenters. The van der Waals surface area contributed by atoms with E-state index in [0.717, 1.165) is 16.6 Å². The van der Waals surface area contributed by atoms with E-state index in [1.54, 1.807) is 0 Å². The van der Waals surface area contributed by atoms with Gasteiger partial charge in [0.25, 0.3) is 0 Å². The van der Waals surface area contributed by atoms with Crippen LogP contribution in [0.15, 0.2) is 28.7 Å². The van der Waals surface area contributed by atoms with Crippen LogP contribution in [0, 0.1) is 5.92 Å². The van der Waals surface area contributed by atoms with Gasteiger partial charge in [-0.25, -0.2) is 0 Å². The Hall–Kier alpha value is -1.40. The molecule has 1 aromatic carbocycles. The first-order chi connectivity index (χ1) is 10.0. The smallest absolute Gasteiger partial charge is 0.237 e. The van der Waals surface area contributed by atoms with Gasteiger partial charge in [-0.15, -0.1) is 0 Å². The number of nitrogens with two attached hydrogens (primary N) is 1. The normalized spacial score (nSPS) is 14.0. The summed E-state index contributed by atoms with van der Waals surface area (Å²) >= 11 is 3.37. The average Bonchev–Trinajstić information content (AvgIpc) is 3.24. The number of primary amides is 1. The number of carbonyl (C=O) groups is 2. The second-order valence-corrected chi connectivity index (χ2v) is 6.33. The second-order valence-electron chi connectivity index (χ2n) is 5.42. The highest BCUT2D eigenvalue weighted by molar-refractivity contribution is 9.10. The van der Waals surface area contributed by atoms with Crippen LogP contribution in [0.4, 0.5) is 0 Å². The average molecular weight is 354 g/mol. The molecule has 1 aromatic rings. The Labute approximate surface area is 133 Å². The summed E-state index contributed by atoms with van der Waals surface area (Å²) in [5, 5.41) is 3.14. The molecule has 0 aromatic heterocycles. The summed E-state index contributed by atoms with van der Waals surface area (Å²) in [4.78, 5) is 24.8. The molecule has 0 spiro atoms. The van der Waals surface area contributed by atoms with Crippen LogP contribution in [0.1, 0.15) is 18.4 Å². The van der Waals surface area contributed by atoms with Crippen molar-refractivity contribution < 1.29 is 9.59 Å². The number of rotatable bonds is 8. The predicted molar refractivity (Wildman–Crippen MR) is 84.3 cm³/mol. The minimum absolute atomic E-state index is 0.0555. The molecule has 6 heteroatoms. The Balaban J connectivity index is 1.90. The quantitative estimate of drug-likeness (QED) is 0.738. The molecule has 5 nitrogen and oxygen atoms in total. The lowest BCUT2D eigenvalue weighted by Gasteiger charge is -2.21. The zero-order valence-corrected chi connectivity index (χ0v) is 13.4.